The molecule has 4 nitrogen and oxygen atoms in total. The molecule has 0 bridgehead atoms. The molecule has 0 amide bonds. The van der Waals surface area contributed by atoms with Gasteiger partial charge in [0.25, 0.3) is 0 Å². The number of rotatable bonds is 7. The first-order chi connectivity index (χ1) is 10.9. The molecule has 0 saturated heterocycles. The maximum atomic E-state index is 12.2. The zero-order valence-electron chi connectivity index (χ0n) is 12.7. The van der Waals surface area contributed by atoms with E-state index in [4.69, 9.17) is 0 Å². The van der Waals surface area contributed by atoms with Crippen LogP contribution < -0.4 is 10.1 Å². The fourth-order valence-corrected chi connectivity index (χ4v) is 2.15. The zero-order chi connectivity index (χ0) is 16.9. The van der Waals surface area contributed by atoms with Crippen LogP contribution in [0.5, 0.6) is 5.75 Å². The van der Waals surface area contributed by atoms with E-state index in [1.165, 1.54) is 18.2 Å². The lowest BCUT2D eigenvalue weighted by molar-refractivity contribution is -0.274. The van der Waals surface area contributed by atoms with Crippen LogP contribution in [0.4, 0.5) is 13.2 Å². The molecule has 0 fully saturated rings. The molecule has 0 radical (unpaired) electrons. The normalized spacial score (nSPS) is 11.5. The third kappa shape index (κ3) is 5.45. The van der Waals surface area contributed by atoms with Gasteiger partial charge in [0.1, 0.15) is 5.75 Å². The highest BCUT2D eigenvalue weighted by atomic mass is 19.4. The number of hydrogen-bond donors (Lipinski definition) is 1. The van der Waals surface area contributed by atoms with Gasteiger partial charge in [-0.05, 0) is 24.6 Å². The predicted octanol–water partition coefficient (Wildman–Crippen LogP) is 3.57. The molecule has 0 spiro atoms. The number of hydrogen-bond acceptors (Lipinski definition) is 3. The van der Waals surface area contributed by atoms with E-state index >= 15 is 0 Å². The first-order valence-corrected chi connectivity index (χ1v) is 7.06. The van der Waals surface area contributed by atoms with Crippen molar-refractivity contribution in [1.29, 1.82) is 0 Å². The largest absolute Gasteiger partial charge is 0.573 e. The standard InChI is InChI=1S/C16H18F3N3O/c1-3-7-22-11-14(12(2)21-22)10-20-9-13-5-4-6-15(8-13)23-16(17,18)19/h3-6,8,11,20H,1,7,9-10H2,2H3. The van der Waals surface area contributed by atoms with E-state index in [9.17, 15) is 13.2 Å². The van der Waals surface area contributed by atoms with E-state index in [2.05, 4.69) is 21.7 Å². The second kappa shape index (κ2) is 7.32. The topological polar surface area (TPSA) is 39.1 Å². The van der Waals surface area contributed by atoms with Gasteiger partial charge >= 0.3 is 6.36 Å². The second-order valence-electron chi connectivity index (χ2n) is 5.05. The van der Waals surface area contributed by atoms with Crippen molar-refractivity contribution in [2.45, 2.75) is 32.9 Å². The van der Waals surface area contributed by atoms with Crippen molar-refractivity contribution in [3.05, 3.63) is 59.9 Å². The van der Waals surface area contributed by atoms with E-state index in [-0.39, 0.29) is 5.75 Å². The minimum atomic E-state index is -4.68. The first kappa shape index (κ1) is 17.1. The molecule has 0 atom stereocenters. The van der Waals surface area contributed by atoms with Crippen LogP contribution in [0.1, 0.15) is 16.8 Å². The monoisotopic (exact) mass is 325 g/mol. The SMILES string of the molecule is C=CCn1cc(CNCc2cccc(OC(F)(F)F)c2)c(C)n1. The number of allylic oxidation sites excluding steroid dienone is 1. The Morgan fingerprint density at radius 2 is 2.13 bits per heavy atom. The summed E-state index contributed by atoms with van der Waals surface area (Å²) in [6, 6.07) is 5.92. The third-order valence-corrected chi connectivity index (χ3v) is 3.14. The van der Waals surface area contributed by atoms with Gasteiger partial charge in [-0.15, -0.1) is 19.8 Å². The van der Waals surface area contributed by atoms with Gasteiger partial charge in [-0.1, -0.05) is 18.2 Å². The Bertz CT molecular complexity index is 665. The average molecular weight is 325 g/mol. The van der Waals surface area contributed by atoms with Crippen LogP contribution in [0.15, 0.2) is 43.1 Å². The quantitative estimate of drug-likeness (QED) is 0.791. The van der Waals surface area contributed by atoms with Crippen LogP contribution in [-0.2, 0) is 19.6 Å². The number of benzene rings is 1. The lowest BCUT2D eigenvalue weighted by Crippen LogP contribution is -2.17. The maximum Gasteiger partial charge on any atom is 0.573 e. The molecule has 0 saturated carbocycles. The molecule has 0 aliphatic carbocycles. The molecule has 0 aliphatic rings. The maximum absolute atomic E-state index is 12.2. The van der Waals surface area contributed by atoms with Gasteiger partial charge in [-0.3, -0.25) is 4.68 Å². The van der Waals surface area contributed by atoms with Gasteiger partial charge in [-0.2, -0.15) is 5.10 Å². The molecule has 1 heterocycles. The van der Waals surface area contributed by atoms with Crippen LogP contribution in [-0.4, -0.2) is 16.1 Å². The van der Waals surface area contributed by atoms with Gasteiger partial charge in [-0.25, -0.2) is 0 Å². The highest BCUT2D eigenvalue weighted by Crippen LogP contribution is 2.23. The molecule has 7 heteroatoms. The minimum absolute atomic E-state index is 0.216. The number of halogens is 3. The molecule has 2 aromatic rings. The number of nitrogens with zero attached hydrogens (tertiary/aromatic N) is 2. The Balaban J connectivity index is 1.91. The van der Waals surface area contributed by atoms with E-state index in [0.717, 1.165) is 11.3 Å². The lowest BCUT2D eigenvalue weighted by Gasteiger charge is -2.10. The summed E-state index contributed by atoms with van der Waals surface area (Å²) in [6.45, 7) is 7.22. The van der Waals surface area contributed by atoms with Crippen molar-refractivity contribution in [3.8, 4) is 5.75 Å². The molecule has 0 unspecified atom stereocenters. The van der Waals surface area contributed by atoms with E-state index in [1.54, 1.807) is 16.8 Å². The van der Waals surface area contributed by atoms with Crippen LogP contribution in [0.2, 0.25) is 0 Å². The fourth-order valence-electron chi connectivity index (χ4n) is 2.15. The van der Waals surface area contributed by atoms with Crippen LogP contribution in [0.25, 0.3) is 0 Å². The third-order valence-electron chi connectivity index (χ3n) is 3.14. The van der Waals surface area contributed by atoms with Gasteiger partial charge in [0.15, 0.2) is 0 Å². The summed E-state index contributed by atoms with van der Waals surface area (Å²) in [5.74, 6) is -0.216. The van der Waals surface area contributed by atoms with Gasteiger partial charge in [0.2, 0.25) is 0 Å². The minimum Gasteiger partial charge on any atom is -0.406 e. The lowest BCUT2D eigenvalue weighted by atomic mass is 10.2. The predicted molar refractivity (Wildman–Crippen MR) is 80.8 cm³/mol. The summed E-state index contributed by atoms with van der Waals surface area (Å²) >= 11 is 0. The van der Waals surface area contributed by atoms with E-state index in [1.807, 2.05) is 13.1 Å². The van der Waals surface area contributed by atoms with E-state index in [0.29, 0.717) is 25.2 Å². The number of alkyl halides is 3. The summed E-state index contributed by atoms with van der Waals surface area (Å²) in [4.78, 5) is 0. The van der Waals surface area contributed by atoms with Crippen LogP contribution in [0.3, 0.4) is 0 Å². The Morgan fingerprint density at radius 3 is 2.83 bits per heavy atom. The molecule has 0 aliphatic heterocycles. The summed E-state index contributed by atoms with van der Waals surface area (Å²) < 4.78 is 42.3. The zero-order valence-corrected chi connectivity index (χ0v) is 12.7. The molecule has 23 heavy (non-hydrogen) atoms. The highest BCUT2D eigenvalue weighted by Gasteiger charge is 2.31. The average Bonchev–Trinajstić information content (AvgIpc) is 2.78. The van der Waals surface area contributed by atoms with Crippen molar-refractivity contribution >= 4 is 0 Å². The Hall–Kier alpha value is -2.28. The molecule has 124 valence electrons. The summed E-state index contributed by atoms with van der Waals surface area (Å²) in [5, 5.41) is 7.53. The smallest absolute Gasteiger partial charge is 0.406 e. The van der Waals surface area contributed by atoms with Crippen molar-refractivity contribution in [2.24, 2.45) is 0 Å². The van der Waals surface area contributed by atoms with Crippen LogP contribution in [0, 0.1) is 6.92 Å². The molecular formula is C16H18F3N3O. The number of nitrogens with one attached hydrogen (secondary N) is 1. The van der Waals surface area contributed by atoms with Crippen LogP contribution >= 0.6 is 0 Å². The van der Waals surface area contributed by atoms with Gasteiger partial charge in [0.05, 0.1) is 12.2 Å². The second-order valence-corrected chi connectivity index (χ2v) is 5.05. The van der Waals surface area contributed by atoms with Crippen molar-refractivity contribution in [1.82, 2.24) is 15.1 Å². The van der Waals surface area contributed by atoms with Gasteiger partial charge < -0.3 is 10.1 Å². The Kier molecular flexibility index (Phi) is 5.44. The Morgan fingerprint density at radius 1 is 1.35 bits per heavy atom. The molecule has 1 aromatic carbocycles. The summed E-state index contributed by atoms with van der Waals surface area (Å²) in [5.41, 5.74) is 2.66. The summed E-state index contributed by atoms with van der Waals surface area (Å²) in [7, 11) is 0. The van der Waals surface area contributed by atoms with Crippen molar-refractivity contribution < 1.29 is 17.9 Å². The molecule has 1 aromatic heterocycles. The number of aryl methyl sites for hydroxylation is 1. The molecule has 2 rings (SSSR count). The highest BCUT2D eigenvalue weighted by molar-refractivity contribution is 5.28. The Labute approximate surface area is 132 Å². The first-order valence-electron chi connectivity index (χ1n) is 7.06. The van der Waals surface area contributed by atoms with Crippen molar-refractivity contribution in [2.75, 3.05) is 0 Å². The fraction of sp³-hybridized carbons (Fsp3) is 0.312. The molecule has 1 N–H and O–H groups in total. The number of aromatic nitrogens is 2. The molecular weight excluding hydrogens is 307 g/mol. The van der Waals surface area contributed by atoms with Crippen molar-refractivity contribution in [3.63, 3.8) is 0 Å². The number of ether oxygens (including phenoxy) is 1. The summed E-state index contributed by atoms with van der Waals surface area (Å²) in [6.07, 6.45) is -0.994. The van der Waals surface area contributed by atoms with Gasteiger partial charge in [0, 0.05) is 24.8 Å². The van der Waals surface area contributed by atoms with E-state index < -0.39 is 6.36 Å².